The van der Waals surface area contributed by atoms with Crippen molar-refractivity contribution >= 4 is 12.0 Å². The number of amides is 1. The van der Waals surface area contributed by atoms with Gasteiger partial charge in [-0.25, -0.2) is 0 Å². The van der Waals surface area contributed by atoms with Crippen LogP contribution in [0.3, 0.4) is 0 Å². The molecule has 0 bridgehead atoms. The Balaban J connectivity index is 1.51. The van der Waals surface area contributed by atoms with E-state index in [0.717, 1.165) is 39.1 Å². The molecule has 3 rings (SSSR count). The molecule has 0 spiro atoms. The topological polar surface area (TPSA) is 49.6 Å². The van der Waals surface area contributed by atoms with Gasteiger partial charge in [-0.2, -0.15) is 0 Å². The van der Waals surface area contributed by atoms with Crippen molar-refractivity contribution < 1.29 is 9.32 Å². The summed E-state index contributed by atoms with van der Waals surface area (Å²) in [5, 5.41) is 3.83. The maximum atomic E-state index is 12.4. The maximum absolute atomic E-state index is 12.4. The van der Waals surface area contributed by atoms with Crippen molar-refractivity contribution in [2.75, 3.05) is 32.7 Å². The molecule has 0 atom stereocenters. The predicted octanol–water partition coefficient (Wildman–Crippen LogP) is 2.84. The second-order valence-corrected chi connectivity index (χ2v) is 6.08. The molecule has 0 aliphatic carbocycles. The van der Waals surface area contributed by atoms with E-state index < -0.39 is 0 Å². The van der Waals surface area contributed by atoms with Crippen LogP contribution in [0.5, 0.6) is 0 Å². The Morgan fingerprint density at radius 1 is 1.21 bits per heavy atom. The van der Waals surface area contributed by atoms with Crippen LogP contribution in [-0.2, 0) is 0 Å². The van der Waals surface area contributed by atoms with Crippen LogP contribution < -0.4 is 0 Å². The first-order valence-corrected chi connectivity index (χ1v) is 8.39. The highest BCUT2D eigenvalue weighted by Gasteiger charge is 2.22. The van der Waals surface area contributed by atoms with Gasteiger partial charge in [0.15, 0.2) is 5.69 Å². The lowest BCUT2D eigenvalue weighted by Crippen LogP contribution is -2.35. The fraction of sp³-hybridized carbons (Fsp3) is 0.368. The number of hydrogen-bond donors (Lipinski definition) is 0. The van der Waals surface area contributed by atoms with Gasteiger partial charge in [-0.1, -0.05) is 47.6 Å². The van der Waals surface area contributed by atoms with E-state index in [0.29, 0.717) is 11.5 Å². The van der Waals surface area contributed by atoms with Crippen LogP contribution in [0.4, 0.5) is 0 Å². The normalized spacial score (nSPS) is 16.5. The molecule has 0 radical (unpaired) electrons. The molecule has 1 aromatic carbocycles. The van der Waals surface area contributed by atoms with Crippen LogP contribution in [0.2, 0.25) is 0 Å². The fourth-order valence-corrected chi connectivity index (χ4v) is 2.89. The van der Waals surface area contributed by atoms with E-state index in [-0.39, 0.29) is 5.91 Å². The van der Waals surface area contributed by atoms with E-state index in [4.69, 9.17) is 4.52 Å². The van der Waals surface area contributed by atoms with Crippen LogP contribution in [0.25, 0.3) is 6.08 Å². The Morgan fingerprint density at radius 3 is 2.79 bits per heavy atom. The highest BCUT2D eigenvalue weighted by molar-refractivity contribution is 5.92. The number of hydrogen-bond acceptors (Lipinski definition) is 4. The highest BCUT2D eigenvalue weighted by atomic mass is 16.5. The van der Waals surface area contributed by atoms with Gasteiger partial charge in [0.25, 0.3) is 5.91 Å². The lowest BCUT2D eigenvalue weighted by molar-refractivity contribution is 0.0751. The number of carbonyl (C=O) groups excluding carboxylic acids is 1. The van der Waals surface area contributed by atoms with Gasteiger partial charge >= 0.3 is 0 Å². The third-order valence-corrected chi connectivity index (χ3v) is 4.20. The van der Waals surface area contributed by atoms with Crippen molar-refractivity contribution in [1.29, 1.82) is 0 Å². The molecule has 1 aliphatic rings. The molecule has 5 nitrogen and oxygen atoms in total. The number of benzene rings is 1. The largest absolute Gasteiger partial charge is 0.361 e. The summed E-state index contributed by atoms with van der Waals surface area (Å²) in [6.07, 6.45) is 5.31. The Morgan fingerprint density at radius 2 is 2.04 bits per heavy atom. The number of rotatable bonds is 4. The van der Waals surface area contributed by atoms with Crippen molar-refractivity contribution in [2.24, 2.45) is 0 Å². The first kappa shape index (κ1) is 16.5. The average molecular weight is 325 g/mol. The minimum Gasteiger partial charge on any atom is -0.361 e. The van der Waals surface area contributed by atoms with Gasteiger partial charge in [0, 0.05) is 38.8 Å². The predicted molar refractivity (Wildman–Crippen MR) is 93.7 cm³/mol. The van der Waals surface area contributed by atoms with E-state index in [1.165, 1.54) is 5.56 Å². The molecule has 2 heterocycles. The summed E-state index contributed by atoms with van der Waals surface area (Å²) in [6, 6.07) is 12.0. The van der Waals surface area contributed by atoms with E-state index in [1.54, 1.807) is 13.0 Å². The average Bonchev–Trinajstić information content (AvgIpc) is 2.90. The van der Waals surface area contributed by atoms with Gasteiger partial charge in [-0.15, -0.1) is 0 Å². The number of aromatic nitrogens is 1. The van der Waals surface area contributed by atoms with E-state index >= 15 is 0 Å². The number of aryl methyl sites for hydroxylation is 1. The quantitative estimate of drug-likeness (QED) is 0.867. The van der Waals surface area contributed by atoms with Crippen molar-refractivity contribution in [3.8, 4) is 0 Å². The summed E-state index contributed by atoms with van der Waals surface area (Å²) >= 11 is 0. The number of carbonyl (C=O) groups is 1. The summed E-state index contributed by atoms with van der Waals surface area (Å²) in [4.78, 5) is 16.7. The second-order valence-electron chi connectivity index (χ2n) is 6.08. The summed E-state index contributed by atoms with van der Waals surface area (Å²) in [7, 11) is 0. The summed E-state index contributed by atoms with van der Waals surface area (Å²) < 4.78 is 5.01. The lowest BCUT2D eigenvalue weighted by atomic mass is 10.2. The first-order valence-electron chi connectivity index (χ1n) is 8.39. The van der Waals surface area contributed by atoms with Crippen molar-refractivity contribution in [1.82, 2.24) is 15.0 Å². The third kappa shape index (κ3) is 4.32. The third-order valence-electron chi connectivity index (χ3n) is 4.20. The fourth-order valence-electron chi connectivity index (χ4n) is 2.89. The van der Waals surface area contributed by atoms with Crippen LogP contribution in [0, 0.1) is 6.92 Å². The molecule has 1 fully saturated rings. The van der Waals surface area contributed by atoms with Gasteiger partial charge in [0.2, 0.25) is 0 Å². The molecule has 0 saturated carbocycles. The molecule has 24 heavy (non-hydrogen) atoms. The lowest BCUT2D eigenvalue weighted by Gasteiger charge is -2.20. The maximum Gasteiger partial charge on any atom is 0.276 e. The smallest absolute Gasteiger partial charge is 0.276 e. The van der Waals surface area contributed by atoms with E-state index in [1.807, 2.05) is 23.1 Å². The zero-order valence-electron chi connectivity index (χ0n) is 14.0. The summed E-state index contributed by atoms with van der Waals surface area (Å²) in [6.45, 7) is 6.07. The molecule has 2 aromatic rings. The molecular formula is C19H23N3O2. The van der Waals surface area contributed by atoms with Gasteiger partial charge in [-0.3, -0.25) is 9.69 Å². The van der Waals surface area contributed by atoms with Gasteiger partial charge < -0.3 is 9.42 Å². The molecule has 0 N–H and O–H groups in total. The summed E-state index contributed by atoms with van der Waals surface area (Å²) in [5.41, 5.74) is 1.62. The molecule has 1 saturated heterocycles. The van der Waals surface area contributed by atoms with Crippen molar-refractivity contribution in [3.63, 3.8) is 0 Å². The minimum atomic E-state index is -0.0338. The first-order chi connectivity index (χ1) is 11.7. The van der Waals surface area contributed by atoms with Crippen LogP contribution in [-0.4, -0.2) is 53.6 Å². The van der Waals surface area contributed by atoms with E-state index in [9.17, 15) is 4.79 Å². The van der Waals surface area contributed by atoms with Gasteiger partial charge in [-0.05, 0) is 18.9 Å². The van der Waals surface area contributed by atoms with E-state index in [2.05, 4.69) is 34.3 Å². The van der Waals surface area contributed by atoms with Crippen LogP contribution >= 0.6 is 0 Å². The molecular weight excluding hydrogens is 302 g/mol. The standard InChI is InChI=1S/C19H23N3O2/c1-16-15-18(20-24-16)19(23)22-12-6-11-21(13-14-22)10-5-9-17-7-3-2-4-8-17/h2-5,7-9,15H,6,10-14H2,1H3. The summed E-state index contributed by atoms with van der Waals surface area (Å²) in [5.74, 6) is 0.634. The Bertz CT molecular complexity index is 694. The van der Waals surface area contributed by atoms with Crippen LogP contribution in [0.1, 0.15) is 28.2 Å². The number of nitrogens with zero attached hydrogens (tertiary/aromatic N) is 3. The Kier molecular flexibility index (Phi) is 5.43. The SMILES string of the molecule is Cc1cc(C(=O)N2CCCN(CC=Cc3ccccc3)CC2)no1. The zero-order chi connectivity index (χ0) is 16.8. The molecule has 1 amide bonds. The molecule has 126 valence electrons. The van der Waals surface area contributed by atoms with Crippen molar-refractivity contribution in [2.45, 2.75) is 13.3 Å². The second kappa shape index (κ2) is 7.93. The Hall–Kier alpha value is -2.40. The molecule has 1 aliphatic heterocycles. The molecule has 5 heteroatoms. The van der Waals surface area contributed by atoms with Crippen molar-refractivity contribution in [3.05, 3.63) is 59.5 Å². The zero-order valence-corrected chi connectivity index (χ0v) is 14.0. The molecule has 0 unspecified atom stereocenters. The monoisotopic (exact) mass is 325 g/mol. The van der Waals surface area contributed by atoms with Gasteiger partial charge in [0.1, 0.15) is 5.76 Å². The minimum absolute atomic E-state index is 0.0338. The Labute approximate surface area is 142 Å². The molecule has 1 aromatic heterocycles. The van der Waals surface area contributed by atoms with Gasteiger partial charge in [0.05, 0.1) is 0 Å². The van der Waals surface area contributed by atoms with Crippen LogP contribution in [0.15, 0.2) is 47.0 Å². The highest BCUT2D eigenvalue weighted by Crippen LogP contribution is 2.10.